The molecular weight excluding hydrogens is 394 g/mol. The highest BCUT2D eigenvalue weighted by molar-refractivity contribution is 7.09. The summed E-state index contributed by atoms with van der Waals surface area (Å²) in [5.41, 5.74) is 3.53. The van der Waals surface area contributed by atoms with Gasteiger partial charge in [-0.3, -0.25) is 0 Å². The molecule has 1 N–H and O–H groups in total. The van der Waals surface area contributed by atoms with Crippen LogP contribution in [0, 0.1) is 12.8 Å². The Kier molecular flexibility index (Phi) is 12.5. The van der Waals surface area contributed by atoms with Crippen molar-refractivity contribution in [1.82, 2.24) is 4.98 Å². The van der Waals surface area contributed by atoms with Crippen LogP contribution in [0.4, 0.5) is 0 Å². The van der Waals surface area contributed by atoms with E-state index in [1.54, 1.807) is 11.3 Å². The average molecular weight is 440 g/mol. The molecule has 0 aliphatic heterocycles. The molecule has 1 aromatic rings. The van der Waals surface area contributed by atoms with Crippen LogP contribution in [0.3, 0.4) is 0 Å². The van der Waals surface area contributed by atoms with Gasteiger partial charge in [0.05, 0.1) is 16.8 Å². The zero-order chi connectivity index (χ0) is 22.8. The van der Waals surface area contributed by atoms with Crippen molar-refractivity contribution in [2.75, 3.05) is 6.61 Å². The van der Waals surface area contributed by atoms with Gasteiger partial charge >= 0.3 is 0 Å². The Morgan fingerprint density at radius 1 is 1.31 bits per heavy atom. The van der Waals surface area contributed by atoms with Gasteiger partial charge in [0.15, 0.2) is 8.32 Å². The molecule has 0 saturated heterocycles. The lowest BCUT2D eigenvalue weighted by Gasteiger charge is -2.38. The first kappa shape index (κ1) is 28.2. The summed E-state index contributed by atoms with van der Waals surface area (Å²) >= 11 is 1.69. The number of nitrogens with zero attached hydrogens (tertiary/aromatic N) is 1. The zero-order valence-electron chi connectivity index (χ0n) is 20.6. The van der Waals surface area contributed by atoms with Crippen LogP contribution in [0.5, 0.6) is 0 Å². The van der Waals surface area contributed by atoms with E-state index in [1.165, 1.54) is 11.1 Å². The molecule has 2 atom stereocenters. The van der Waals surface area contributed by atoms with Crippen molar-refractivity contribution in [3.63, 3.8) is 0 Å². The third-order valence-corrected chi connectivity index (χ3v) is 10.9. The Morgan fingerprint density at radius 3 is 2.31 bits per heavy atom. The molecule has 1 heterocycles. The third-order valence-electron chi connectivity index (χ3n) is 5.54. The molecule has 168 valence electrons. The molecule has 0 bridgehead atoms. The third kappa shape index (κ3) is 11.9. The molecular formula is C24H45NO2SSi. The van der Waals surface area contributed by atoms with Gasteiger partial charge in [-0.1, -0.05) is 33.3 Å². The monoisotopic (exact) mass is 439 g/mol. The van der Waals surface area contributed by atoms with Crippen molar-refractivity contribution in [2.45, 2.75) is 98.9 Å². The second-order valence-electron chi connectivity index (χ2n) is 9.84. The number of hydrogen-bond donors (Lipinski definition) is 1. The SMILES string of the molecule is C/C(=C\c1csc(C)n1)[C@H](C)O[Si](C)(C)C(C)(C)C.C=C(C)CCC[C@H](C)CO. The summed E-state index contributed by atoms with van der Waals surface area (Å²) < 4.78 is 6.39. The van der Waals surface area contributed by atoms with Crippen LogP contribution in [0.25, 0.3) is 6.08 Å². The minimum Gasteiger partial charge on any atom is -0.411 e. The highest BCUT2D eigenvalue weighted by Crippen LogP contribution is 2.38. The van der Waals surface area contributed by atoms with E-state index >= 15 is 0 Å². The number of aromatic nitrogens is 1. The number of hydrogen-bond acceptors (Lipinski definition) is 4. The van der Waals surface area contributed by atoms with E-state index in [9.17, 15) is 0 Å². The first-order valence-electron chi connectivity index (χ1n) is 10.7. The van der Waals surface area contributed by atoms with Crippen molar-refractivity contribution in [1.29, 1.82) is 0 Å². The Bertz CT molecular complexity index is 644. The largest absolute Gasteiger partial charge is 0.411 e. The zero-order valence-corrected chi connectivity index (χ0v) is 22.4. The second-order valence-corrected chi connectivity index (χ2v) is 15.7. The van der Waals surface area contributed by atoms with E-state index in [0.717, 1.165) is 30.0 Å². The molecule has 1 rings (SSSR count). The minimum atomic E-state index is -1.70. The summed E-state index contributed by atoms with van der Waals surface area (Å²) in [5, 5.41) is 12.1. The van der Waals surface area contributed by atoms with Crippen LogP contribution in [0.2, 0.25) is 18.1 Å². The predicted molar refractivity (Wildman–Crippen MR) is 133 cm³/mol. The molecule has 0 radical (unpaired) electrons. The molecule has 3 nitrogen and oxygen atoms in total. The fraction of sp³-hybridized carbons (Fsp3) is 0.708. The van der Waals surface area contributed by atoms with Gasteiger partial charge in [0.25, 0.3) is 0 Å². The van der Waals surface area contributed by atoms with Gasteiger partial charge in [-0.15, -0.1) is 17.9 Å². The maximum atomic E-state index is 8.68. The van der Waals surface area contributed by atoms with Crippen molar-refractivity contribution >= 4 is 25.7 Å². The number of aliphatic hydroxyl groups is 1. The van der Waals surface area contributed by atoms with Gasteiger partial charge in [0.1, 0.15) is 0 Å². The van der Waals surface area contributed by atoms with Gasteiger partial charge in [-0.25, -0.2) is 4.98 Å². The summed E-state index contributed by atoms with van der Waals surface area (Å²) in [6.07, 6.45) is 5.68. The van der Waals surface area contributed by atoms with Crippen LogP contribution >= 0.6 is 11.3 Å². The predicted octanol–water partition coefficient (Wildman–Crippen LogP) is 7.63. The summed E-state index contributed by atoms with van der Waals surface area (Å²) in [6, 6.07) is 0. The fourth-order valence-corrected chi connectivity index (χ4v) is 4.35. The fourth-order valence-electron chi connectivity index (χ4n) is 2.35. The Hall–Kier alpha value is -0.753. The lowest BCUT2D eigenvalue weighted by atomic mass is 10.0. The number of thiazole rings is 1. The normalized spacial score (nSPS) is 14.8. The van der Waals surface area contributed by atoms with Gasteiger partial charge in [0.2, 0.25) is 0 Å². The molecule has 0 amide bonds. The lowest BCUT2D eigenvalue weighted by molar-refractivity contribution is 0.228. The van der Waals surface area contributed by atoms with E-state index in [-0.39, 0.29) is 11.1 Å². The van der Waals surface area contributed by atoms with Gasteiger partial charge in [0, 0.05) is 12.0 Å². The van der Waals surface area contributed by atoms with E-state index < -0.39 is 8.32 Å². The molecule has 0 saturated carbocycles. The molecule has 0 unspecified atom stereocenters. The van der Waals surface area contributed by atoms with Crippen LogP contribution < -0.4 is 0 Å². The Balaban J connectivity index is 0.000000665. The molecule has 0 spiro atoms. The summed E-state index contributed by atoms with van der Waals surface area (Å²) in [6.45, 7) is 26.0. The molecule has 29 heavy (non-hydrogen) atoms. The highest BCUT2D eigenvalue weighted by Gasteiger charge is 2.38. The Morgan fingerprint density at radius 2 is 1.90 bits per heavy atom. The molecule has 5 heteroatoms. The van der Waals surface area contributed by atoms with Crippen LogP contribution in [-0.2, 0) is 4.43 Å². The highest BCUT2D eigenvalue weighted by atomic mass is 32.1. The molecule has 0 aromatic carbocycles. The maximum absolute atomic E-state index is 8.68. The summed E-state index contributed by atoms with van der Waals surface area (Å²) in [4.78, 5) is 4.48. The number of rotatable bonds is 9. The minimum absolute atomic E-state index is 0.155. The number of allylic oxidation sites excluding steroid dienone is 1. The van der Waals surface area contributed by atoms with Crippen LogP contribution in [0.15, 0.2) is 23.1 Å². The second kappa shape index (κ2) is 12.8. The van der Waals surface area contributed by atoms with Gasteiger partial charge in [-0.05, 0) is 82.7 Å². The van der Waals surface area contributed by atoms with Crippen molar-refractivity contribution in [2.24, 2.45) is 5.92 Å². The summed E-state index contributed by atoms with van der Waals surface area (Å²) in [5.74, 6) is 0.458. The van der Waals surface area contributed by atoms with Gasteiger partial charge < -0.3 is 9.53 Å². The molecule has 0 aliphatic carbocycles. The first-order valence-corrected chi connectivity index (χ1v) is 14.5. The maximum Gasteiger partial charge on any atom is 0.192 e. The van der Waals surface area contributed by atoms with E-state index in [2.05, 4.69) is 77.7 Å². The van der Waals surface area contributed by atoms with Gasteiger partial charge in [-0.2, -0.15) is 0 Å². The average Bonchev–Trinajstić information content (AvgIpc) is 2.98. The summed E-state index contributed by atoms with van der Waals surface area (Å²) in [7, 11) is -1.70. The number of aliphatic hydroxyl groups excluding tert-OH is 1. The topological polar surface area (TPSA) is 42.4 Å². The van der Waals surface area contributed by atoms with E-state index in [1.807, 2.05) is 13.8 Å². The first-order chi connectivity index (χ1) is 13.2. The standard InChI is InChI=1S/C15H27NOSSi.C9H18O/c1-11(9-14-10-18-13(3)16-14)12(2)17-19(7,8)15(4,5)6;1-8(2)5-4-6-9(3)7-10/h9-10,12H,1-8H3;9-10H,1,4-7H2,2-3H3/b11-9+;/t12-;9-/m00/s1. The smallest absolute Gasteiger partial charge is 0.192 e. The Labute approximate surface area is 185 Å². The molecule has 0 fully saturated rings. The molecule has 1 aromatic heterocycles. The lowest BCUT2D eigenvalue weighted by Crippen LogP contribution is -2.43. The van der Waals surface area contributed by atoms with Crippen molar-refractivity contribution < 1.29 is 9.53 Å². The number of aryl methyl sites for hydroxylation is 1. The van der Waals surface area contributed by atoms with Crippen molar-refractivity contribution in [3.05, 3.63) is 33.8 Å². The van der Waals surface area contributed by atoms with E-state index in [0.29, 0.717) is 12.5 Å². The van der Waals surface area contributed by atoms with Crippen molar-refractivity contribution in [3.8, 4) is 0 Å². The van der Waals surface area contributed by atoms with E-state index in [4.69, 9.17) is 9.53 Å². The quantitative estimate of drug-likeness (QED) is 0.318. The van der Waals surface area contributed by atoms with Crippen LogP contribution in [-0.4, -0.2) is 31.1 Å². The molecule has 0 aliphatic rings. The van der Waals surface area contributed by atoms with Crippen LogP contribution in [0.1, 0.15) is 78.4 Å².